The molecule has 1 N–H and O–H groups in total. The molecule has 0 amide bonds. The van der Waals surface area contributed by atoms with Crippen LogP contribution >= 0.6 is 0 Å². The number of phenols is 1. The Morgan fingerprint density at radius 3 is 2.33 bits per heavy atom. The Bertz CT molecular complexity index is 362. The van der Waals surface area contributed by atoms with E-state index in [9.17, 15) is 17.6 Å². The number of methoxy groups -OCH3 is 1. The first-order chi connectivity index (χ1) is 6.85. The number of hydrogen-bond donors (Lipinski definition) is 1. The molecule has 0 heterocycles. The predicted octanol–water partition coefficient (Wildman–Crippen LogP) is 2.44. The van der Waals surface area contributed by atoms with E-state index in [0.717, 1.165) is 13.2 Å². The first-order valence-corrected chi connectivity index (χ1v) is 3.66. The van der Waals surface area contributed by atoms with E-state index in [2.05, 4.69) is 9.47 Å². The minimum Gasteiger partial charge on any atom is -0.504 e. The summed E-state index contributed by atoms with van der Waals surface area (Å²) in [5, 5.41) is 9.01. The zero-order chi connectivity index (χ0) is 11.6. The molecule has 7 heteroatoms. The van der Waals surface area contributed by atoms with Crippen LogP contribution in [0.5, 0.6) is 17.2 Å². The normalized spacial score (nSPS) is 11.3. The second-order valence-electron chi connectivity index (χ2n) is 2.48. The van der Waals surface area contributed by atoms with Crippen LogP contribution in [0, 0.1) is 5.82 Å². The van der Waals surface area contributed by atoms with E-state index in [1.165, 1.54) is 0 Å². The average molecular weight is 226 g/mol. The molecule has 0 bridgehead atoms. The van der Waals surface area contributed by atoms with E-state index >= 15 is 0 Å². The van der Waals surface area contributed by atoms with Crippen LogP contribution in [-0.4, -0.2) is 18.6 Å². The summed E-state index contributed by atoms with van der Waals surface area (Å²) >= 11 is 0. The topological polar surface area (TPSA) is 38.7 Å². The highest BCUT2D eigenvalue weighted by molar-refractivity contribution is 5.46. The third-order valence-electron chi connectivity index (χ3n) is 1.47. The van der Waals surface area contributed by atoms with Crippen molar-refractivity contribution in [3.8, 4) is 17.2 Å². The van der Waals surface area contributed by atoms with Crippen molar-refractivity contribution in [1.82, 2.24) is 0 Å². The van der Waals surface area contributed by atoms with Crippen molar-refractivity contribution in [2.45, 2.75) is 6.36 Å². The van der Waals surface area contributed by atoms with Crippen molar-refractivity contribution < 1.29 is 32.1 Å². The number of benzene rings is 1. The number of phenolic OH excluding ortho intramolecular Hbond substituents is 1. The first-order valence-electron chi connectivity index (χ1n) is 3.66. The fourth-order valence-corrected chi connectivity index (χ4v) is 0.925. The maximum absolute atomic E-state index is 13.2. The van der Waals surface area contributed by atoms with Gasteiger partial charge in [0.25, 0.3) is 0 Å². The van der Waals surface area contributed by atoms with Crippen molar-refractivity contribution in [1.29, 1.82) is 0 Å². The second kappa shape index (κ2) is 3.84. The number of halogens is 4. The highest BCUT2D eigenvalue weighted by Gasteiger charge is 2.33. The van der Waals surface area contributed by atoms with Crippen LogP contribution in [0.1, 0.15) is 0 Å². The Kier molecular flexibility index (Phi) is 2.92. The quantitative estimate of drug-likeness (QED) is 0.787. The maximum Gasteiger partial charge on any atom is 0.573 e. The number of alkyl halides is 3. The van der Waals surface area contributed by atoms with Crippen molar-refractivity contribution in [2.75, 3.05) is 7.11 Å². The summed E-state index contributed by atoms with van der Waals surface area (Å²) in [6, 6.07) is 1.49. The van der Waals surface area contributed by atoms with E-state index in [1.807, 2.05) is 0 Å². The molecule has 0 saturated carbocycles. The third-order valence-corrected chi connectivity index (χ3v) is 1.47. The van der Waals surface area contributed by atoms with Crippen LogP contribution in [-0.2, 0) is 0 Å². The molecule has 15 heavy (non-hydrogen) atoms. The lowest BCUT2D eigenvalue weighted by molar-refractivity contribution is -0.275. The Morgan fingerprint density at radius 1 is 1.27 bits per heavy atom. The van der Waals surface area contributed by atoms with Gasteiger partial charge in [0, 0.05) is 0 Å². The van der Waals surface area contributed by atoms with E-state index in [1.54, 1.807) is 0 Å². The van der Waals surface area contributed by atoms with Gasteiger partial charge in [0.2, 0.25) is 5.82 Å². The largest absolute Gasteiger partial charge is 0.573 e. The molecular weight excluding hydrogens is 220 g/mol. The van der Waals surface area contributed by atoms with Gasteiger partial charge in [-0.1, -0.05) is 0 Å². The van der Waals surface area contributed by atoms with Crippen LogP contribution in [0.2, 0.25) is 0 Å². The molecule has 1 rings (SSSR count). The molecule has 0 aliphatic carbocycles. The predicted molar refractivity (Wildman–Crippen MR) is 41.3 cm³/mol. The fourth-order valence-electron chi connectivity index (χ4n) is 0.925. The molecule has 0 unspecified atom stereocenters. The van der Waals surface area contributed by atoms with E-state index in [0.29, 0.717) is 6.07 Å². The lowest BCUT2D eigenvalue weighted by atomic mass is 10.3. The molecule has 1 aromatic rings. The lowest BCUT2D eigenvalue weighted by Crippen LogP contribution is -2.18. The van der Waals surface area contributed by atoms with Gasteiger partial charge < -0.3 is 14.6 Å². The van der Waals surface area contributed by atoms with Gasteiger partial charge in [-0.05, 0) is 12.1 Å². The second-order valence-corrected chi connectivity index (χ2v) is 2.48. The monoisotopic (exact) mass is 226 g/mol. The molecule has 1 aromatic carbocycles. The molecule has 0 spiro atoms. The first kappa shape index (κ1) is 11.4. The minimum absolute atomic E-state index is 0.607. The summed E-state index contributed by atoms with van der Waals surface area (Å²) in [6.07, 6.45) is -5.00. The van der Waals surface area contributed by atoms with Crippen LogP contribution in [0.4, 0.5) is 17.6 Å². The zero-order valence-electron chi connectivity index (χ0n) is 7.43. The summed E-state index contributed by atoms with van der Waals surface area (Å²) in [4.78, 5) is 0. The fraction of sp³-hybridized carbons (Fsp3) is 0.250. The van der Waals surface area contributed by atoms with Crippen LogP contribution in [0.3, 0.4) is 0 Å². The molecule has 3 nitrogen and oxygen atoms in total. The number of aromatic hydroxyl groups is 1. The van der Waals surface area contributed by atoms with Gasteiger partial charge in [-0.25, -0.2) is 0 Å². The van der Waals surface area contributed by atoms with Crippen molar-refractivity contribution in [3.05, 3.63) is 17.9 Å². The third kappa shape index (κ3) is 2.64. The van der Waals surface area contributed by atoms with Gasteiger partial charge in [-0.2, -0.15) is 4.39 Å². The minimum atomic E-state index is -5.00. The van der Waals surface area contributed by atoms with Gasteiger partial charge in [0.1, 0.15) is 0 Å². The van der Waals surface area contributed by atoms with Crippen LogP contribution in [0.25, 0.3) is 0 Å². The zero-order valence-corrected chi connectivity index (χ0v) is 7.43. The molecule has 0 fully saturated rings. The molecule has 0 radical (unpaired) electrons. The van der Waals surface area contributed by atoms with E-state index < -0.39 is 29.4 Å². The van der Waals surface area contributed by atoms with Crippen LogP contribution in [0.15, 0.2) is 12.1 Å². The smallest absolute Gasteiger partial charge is 0.504 e. The van der Waals surface area contributed by atoms with Crippen molar-refractivity contribution in [3.63, 3.8) is 0 Å². The molecule has 84 valence electrons. The molecule has 0 atom stereocenters. The van der Waals surface area contributed by atoms with Gasteiger partial charge in [-0.15, -0.1) is 13.2 Å². The molecular formula is C8H6F4O3. The van der Waals surface area contributed by atoms with E-state index in [-0.39, 0.29) is 0 Å². The van der Waals surface area contributed by atoms with Gasteiger partial charge >= 0.3 is 6.36 Å². The Hall–Kier alpha value is -1.66. The Labute approximate surface area is 81.8 Å². The van der Waals surface area contributed by atoms with Gasteiger partial charge in [-0.3, -0.25) is 0 Å². The number of hydrogen-bond acceptors (Lipinski definition) is 3. The lowest BCUT2D eigenvalue weighted by Gasteiger charge is -2.12. The average Bonchev–Trinajstić information content (AvgIpc) is 2.09. The standard InChI is InChI=1S/C8H6F4O3/c1-14-7-4(13)2-3-5(6(7)9)15-8(10,11)12/h2-3,13H,1H3. The highest BCUT2D eigenvalue weighted by atomic mass is 19.4. The summed E-state index contributed by atoms with van der Waals surface area (Å²) < 4.78 is 56.2. The van der Waals surface area contributed by atoms with Crippen molar-refractivity contribution in [2.24, 2.45) is 0 Å². The Morgan fingerprint density at radius 2 is 1.87 bits per heavy atom. The van der Waals surface area contributed by atoms with Gasteiger partial charge in [0.15, 0.2) is 17.2 Å². The molecule has 0 aromatic heterocycles. The molecule has 0 saturated heterocycles. The van der Waals surface area contributed by atoms with Gasteiger partial charge in [0.05, 0.1) is 7.11 Å². The van der Waals surface area contributed by atoms with E-state index in [4.69, 9.17) is 5.11 Å². The Balaban J connectivity index is 3.11. The molecule has 0 aliphatic rings. The SMILES string of the molecule is COc1c(O)ccc(OC(F)(F)F)c1F. The van der Waals surface area contributed by atoms with Crippen molar-refractivity contribution >= 4 is 0 Å². The number of ether oxygens (including phenoxy) is 2. The maximum atomic E-state index is 13.2. The summed E-state index contributed by atoms with van der Waals surface area (Å²) in [5.41, 5.74) is 0. The van der Waals surface area contributed by atoms with Crippen LogP contribution < -0.4 is 9.47 Å². The number of rotatable bonds is 2. The summed E-state index contributed by atoms with van der Waals surface area (Å²) in [7, 11) is 1.01. The molecule has 0 aliphatic heterocycles. The highest BCUT2D eigenvalue weighted by Crippen LogP contribution is 2.36. The summed E-state index contributed by atoms with van der Waals surface area (Å²) in [6.45, 7) is 0. The summed E-state index contributed by atoms with van der Waals surface area (Å²) in [5.74, 6) is -3.77.